The van der Waals surface area contributed by atoms with Crippen LogP contribution in [-0.2, 0) is 14.3 Å². The molecule has 1 aromatic rings. The highest BCUT2D eigenvalue weighted by atomic mass is 19.1. The lowest BCUT2D eigenvalue weighted by Crippen LogP contribution is -2.24. The van der Waals surface area contributed by atoms with E-state index in [0.29, 0.717) is 5.56 Å². The molecule has 0 saturated carbocycles. The van der Waals surface area contributed by atoms with Gasteiger partial charge in [-0.2, -0.15) is 0 Å². The molecule has 0 unspecified atom stereocenters. The second-order valence-electron chi connectivity index (χ2n) is 2.88. The minimum absolute atomic E-state index is 0.0367. The van der Waals surface area contributed by atoms with Gasteiger partial charge in [-0.1, -0.05) is 12.1 Å². The normalized spacial score (nSPS) is 9.53. The van der Waals surface area contributed by atoms with Gasteiger partial charge < -0.3 is 10.1 Å². The Hall–Kier alpha value is -1.91. The van der Waals surface area contributed by atoms with Crippen LogP contribution in [0.2, 0.25) is 0 Å². The predicted molar refractivity (Wildman–Crippen MR) is 51.8 cm³/mol. The number of benzene rings is 1. The molecular weight excluding hydrogens is 201 g/mol. The zero-order chi connectivity index (χ0) is 11.4. The molecule has 0 saturated heterocycles. The van der Waals surface area contributed by atoms with Crippen molar-refractivity contribution >= 4 is 17.6 Å². The summed E-state index contributed by atoms with van der Waals surface area (Å²) in [5.41, 5.74) is 0.350. The van der Waals surface area contributed by atoms with Crippen molar-refractivity contribution in [2.45, 2.75) is 6.92 Å². The molecule has 0 aliphatic rings. The molecule has 1 rings (SSSR count). The molecule has 0 radical (unpaired) electrons. The number of ether oxygens (including phenoxy) is 1. The first kappa shape index (κ1) is 11.2. The van der Waals surface area contributed by atoms with Gasteiger partial charge in [0.25, 0.3) is 0 Å². The van der Waals surface area contributed by atoms with Gasteiger partial charge in [-0.05, 0) is 18.6 Å². The maximum atomic E-state index is 13.4. The smallest absolute Gasteiger partial charge is 0.396 e. The van der Waals surface area contributed by atoms with E-state index in [0.717, 1.165) is 7.11 Å². The van der Waals surface area contributed by atoms with Gasteiger partial charge in [-0.15, -0.1) is 0 Å². The molecule has 0 fully saturated rings. The average Bonchev–Trinajstić information content (AvgIpc) is 2.23. The van der Waals surface area contributed by atoms with Crippen molar-refractivity contribution in [1.82, 2.24) is 0 Å². The molecule has 0 aliphatic heterocycles. The molecule has 1 amide bonds. The van der Waals surface area contributed by atoms with E-state index in [4.69, 9.17) is 0 Å². The molecule has 0 atom stereocenters. The van der Waals surface area contributed by atoms with Gasteiger partial charge in [-0.25, -0.2) is 9.18 Å². The fraction of sp³-hybridized carbons (Fsp3) is 0.200. The lowest BCUT2D eigenvalue weighted by atomic mass is 10.2. The third-order valence-corrected chi connectivity index (χ3v) is 1.81. The molecule has 0 heterocycles. The van der Waals surface area contributed by atoms with Crippen molar-refractivity contribution in [2.75, 3.05) is 12.4 Å². The van der Waals surface area contributed by atoms with Gasteiger partial charge in [0, 0.05) is 0 Å². The second kappa shape index (κ2) is 4.54. The third-order valence-electron chi connectivity index (χ3n) is 1.81. The van der Waals surface area contributed by atoms with E-state index in [-0.39, 0.29) is 5.69 Å². The highest BCUT2D eigenvalue weighted by molar-refractivity contribution is 6.37. The maximum Gasteiger partial charge on any atom is 0.396 e. The number of esters is 1. The number of hydrogen-bond donors (Lipinski definition) is 1. The molecule has 1 aromatic carbocycles. The van der Waals surface area contributed by atoms with Crippen molar-refractivity contribution in [2.24, 2.45) is 0 Å². The molecule has 4 nitrogen and oxygen atoms in total. The molecule has 80 valence electrons. The summed E-state index contributed by atoms with van der Waals surface area (Å²) in [7, 11) is 1.08. The SMILES string of the molecule is COC(=O)C(=O)Nc1cccc(C)c1F. The minimum atomic E-state index is -1.06. The van der Waals surface area contributed by atoms with Gasteiger partial charge in [-0.3, -0.25) is 4.79 Å². The molecular formula is C10H10FNO3. The number of carbonyl (C=O) groups is 2. The molecule has 15 heavy (non-hydrogen) atoms. The first-order chi connectivity index (χ1) is 7.06. The summed E-state index contributed by atoms with van der Waals surface area (Å²) < 4.78 is 17.5. The molecule has 1 N–H and O–H groups in total. The van der Waals surface area contributed by atoms with Crippen LogP contribution in [0, 0.1) is 12.7 Å². The Labute approximate surface area is 86.0 Å². The second-order valence-corrected chi connectivity index (χ2v) is 2.88. The van der Waals surface area contributed by atoms with E-state index in [1.807, 2.05) is 0 Å². The summed E-state index contributed by atoms with van der Waals surface area (Å²) in [6.07, 6.45) is 0. The zero-order valence-corrected chi connectivity index (χ0v) is 8.33. The Morgan fingerprint density at radius 1 is 1.40 bits per heavy atom. The monoisotopic (exact) mass is 211 g/mol. The summed E-state index contributed by atoms with van der Waals surface area (Å²) >= 11 is 0. The van der Waals surface area contributed by atoms with Crippen molar-refractivity contribution in [3.8, 4) is 0 Å². The lowest BCUT2D eigenvalue weighted by molar-refractivity contribution is -0.150. The average molecular weight is 211 g/mol. The van der Waals surface area contributed by atoms with Gasteiger partial charge in [0.2, 0.25) is 0 Å². The van der Waals surface area contributed by atoms with E-state index in [2.05, 4.69) is 10.1 Å². The molecule has 0 aliphatic carbocycles. The van der Waals surface area contributed by atoms with Crippen LogP contribution in [0.15, 0.2) is 18.2 Å². The lowest BCUT2D eigenvalue weighted by Gasteiger charge is -2.06. The minimum Gasteiger partial charge on any atom is -0.462 e. The number of anilines is 1. The van der Waals surface area contributed by atoms with Crippen molar-refractivity contribution in [1.29, 1.82) is 0 Å². The fourth-order valence-electron chi connectivity index (χ4n) is 1.01. The Balaban J connectivity index is 2.86. The van der Waals surface area contributed by atoms with E-state index >= 15 is 0 Å². The number of nitrogens with one attached hydrogen (secondary N) is 1. The highest BCUT2D eigenvalue weighted by Gasteiger charge is 2.15. The van der Waals surface area contributed by atoms with E-state index in [9.17, 15) is 14.0 Å². The van der Waals surface area contributed by atoms with Crippen LogP contribution in [0.25, 0.3) is 0 Å². The van der Waals surface area contributed by atoms with Crippen LogP contribution in [0.4, 0.5) is 10.1 Å². The Morgan fingerprint density at radius 2 is 2.07 bits per heavy atom. The molecule has 5 heteroatoms. The zero-order valence-electron chi connectivity index (χ0n) is 8.33. The third kappa shape index (κ3) is 2.52. The number of methoxy groups -OCH3 is 1. The van der Waals surface area contributed by atoms with E-state index in [1.54, 1.807) is 19.1 Å². The largest absolute Gasteiger partial charge is 0.462 e. The van der Waals surface area contributed by atoms with Gasteiger partial charge in [0.15, 0.2) is 0 Å². The first-order valence-electron chi connectivity index (χ1n) is 4.20. The van der Waals surface area contributed by atoms with Crippen molar-refractivity contribution in [3.05, 3.63) is 29.6 Å². The summed E-state index contributed by atoms with van der Waals surface area (Å²) in [5.74, 6) is -2.62. The number of aryl methyl sites for hydroxylation is 1. The van der Waals surface area contributed by atoms with Crippen LogP contribution in [0.3, 0.4) is 0 Å². The van der Waals surface area contributed by atoms with Crippen molar-refractivity contribution in [3.63, 3.8) is 0 Å². The Morgan fingerprint density at radius 3 is 2.67 bits per heavy atom. The number of rotatable bonds is 1. The number of hydrogen-bond acceptors (Lipinski definition) is 3. The molecule has 0 bridgehead atoms. The quantitative estimate of drug-likeness (QED) is 0.561. The van der Waals surface area contributed by atoms with Crippen LogP contribution in [0.1, 0.15) is 5.56 Å². The summed E-state index contributed by atoms with van der Waals surface area (Å²) in [6.45, 7) is 1.56. The van der Waals surface area contributed by atoms with Crippen LogP contribution in [-0.4, -0.2) is 19.0 Å². The van der Waals surface area contributed by atoms with Gasteiger partial charge in [0.05, 0.1) is 12.8 Å². The fourth-order valence-corrected chi connectivity index (χ4v) is 1.01. The predicted octanol–water partition coefficient (Wildman–Crippen LogP) is 1.25. The van der Waals surface area contributed by atoms with Crippen molar-refractivity contribution < 1.29 is 18.7 Å². The van der Waals surface area contributed by atoms with Crippen LogP contribution < -0.4 is 5.32 Å². The standard InChI is InChI=1S/C10H10FNO3/c1-6-4-3-5-7(8(6)11)12-9(13)10(14)15-2/h3-5H,1-2H3,(H,12,13). The Kier molecular flexibility index (Phi) is 3.38. The molecule has 0 spiro atoms. The topological polar surface area (TPSA) is 55.4 Å². The number of carbonyl (C=O) groups excluding carboxylic acids is 2. The maximum absolute atomic E-state index is 13.4. The van der Waals surface area contributed by atoms with Crippen LogP contribution in [0.5, 0.6) is 0 Å². The van der Waals surface area contributed by atoms with E-state index in [1.165, 1.54) is 6.07 Å². The number of halogens is 1. The summed E-state index contributed by atoms with van der Waals surface area (Å²) in [6, 6.07) is 4.50. The van der Waals surface area contributed by atoms with Gasteiger partial charge >= 0.3 is 11.9 Å². The van der Waals surface area contributed by atoms with Gasteiger partial charge in [0.1, 0.15) is 5.82 Å². The van der Waals surface area contributed by atoms with E-state index < -0.39 is 17.7 Å². The summed E-state index contributed by atoms with van der Waals surface area (Å²) in [4.78, 5) is 21.8. The number of amides is 1. The van der Waals surface area contributed by atoms with Crippen LogP contribution >= 0.6 is 0 Å². The Bertz CT molecular complexity index is 404. The summed E-state index contributed by atoms with van der Waals surface area (Å²) in [5, 5.41) is 2.11. The first-order valence-corrected chi connectivity index (χ1v) is 4.20. The highest BCUT2D eigenvalue weighted by Crippen LogP contribution is 2.16. The molecule has 0 aromatic heterocycles.